The van der Waals surface area contributed by atoms with Crippen LogP contribution >= 0.6 is 0 Å². The highest BCUT2D eigenvalue weighted by atomic mass is 16.5. The number of carbonyl (C=O) groups is 1. The number of hydrogen-bond acceptors (Lipinski definition) is 4. The summed E-state index contributed by atoms with van der Waals surface area (Å²) >= 11 is 0. The molecule has 0 atom stereocenters. The highest BCUT2D eigenvalue weighted by Gasteiger charge is 2.05. The van der Waals surface area contributed by atoms with Crippen molar-refractivity contribution in [1.82, 2.24) is 10.4 Å². The topological polar surface area (TPSA) is 77.2 Å². The normalized spacial score (nSPS) is 10.7. The minimum absolute atomic E-state index is 0.306. The number of rotatable bonds is 7. The Morgan fingerprint density at radius 1 is 1.50 bits per heavy atom. The third kappa shape index (κ3) is 5.25. The maximum absolute atomic E-state index is 11.3. The predicted octanol–water partition coefficient (Wildman–Crippen LogP) is 1.64. The molecule has 0 aromatic carbocycles. The fraction of sp³-hybridized carbons (Fsp3) is 0.538. The summed E-state index contributed by atoms with van der Waals surface area (Å²) in [6.45, 7) is 5.52. The maximum atomic E-state index is 11.3. The van der Waals surface area contributed by atoms with E-state index in [4.69, 9.17) is 10.6 Å². The second kappa shape index (κ2) is 7.79. The minimum atomic E-state index is -0.392. The zero-order chi connectivity index (χ0) is 13.4. The molecule has 0 aliphatic rings. The molecule has 3 N–H and O–H groups in total. The predicted molar refractivity (Wildman–Crippen MR) is 69.6 cm³/mol. The van der Waals surface area contributed by atoms with E-state index in [1.54, 1.807) is 12.1 Å². The van der Waals surface area contributed by atoms with Gasteiger partial charge in [-0.25, -0.2) is 10.8 Å². The zero-order valence-corrected chi connectivity index (χ0v) is 11.0. The number of pyridine rings is 1. The molecule has 1 aromatic rings. The maximum Gasteiger partial charge on any atom is 0.283 e. The van der Waals surface area contributed by atoms with Gasteiger partial charge in [0.15, 0.2) is 0 Å². The van der Waals surface area contributed by atoms with Crippen LogP contribution in [0.5, 0.6) is 0 Å². The molecule has 18 heavy (non-hydrogen) atoms. The smallest absolute Gasteiger partial charge is 0.283 e. The second-order valence-corrected chi connectivity index (χ2v) is 4.58. The lowest BCUT2D eigenvalue weighted by atomic mass is 10.1. The number of carbonyl (C=O) groups excluding carboxylic acids is 1. The summed E-state index contributed by atoms with van der Waals surface area (Å²) in [4.78, 5) is 15.4. The summed E-state index contributed by atoms with van der Waals surface area (Å²) in [6, 6.07) is 5.21. The molecule has 0 unspecified atom stereocenters. The molecule has 0 spiro atoms. The summed E-state index contributed by atoms with van der Waals surface area (Å²) < 4.78 is 5.51. The SMILES string of the molecule is CC(C)CCCOCc1cccc(C(=O)NN)n1. The van der Waals surface area contributed by atoms with Crippen molar-refractivity contribution in [2.24, 2.45) is 11.8 Å². The third-order valence-corrected chi connectivity index (χ3v) is 2.49. The Kier molecular flexibility index (Phi) is 6.32. The molecule has 0 aliphatic heterocycles. The quantitative estimate of drug-likeness (QED) is 0.334. The van der Waals surface area contributed by atoms with E-state index >= 15 is 0 Å². The summed E-state index contributed by atoms with van der Waals surface area (Å²) in [5.74, 6) is 5.36. The van der Waals surface area contributed by atoms with Gasteiger partial charge in [0.25, 0.3) is 5.91 Å². The van der Waals surface area contributed by atoms with Crippen molar-refractivity contribution in [3.63, 3.8) is 0 Å². The van der Waals surface area contributed by atoms with E-state index < -0.39 is 5.91 Å². The molecular formula is C13H21N3O2. The zero-order valence-electron chi connectivity index (χ0n) is 11.0. The van der Waals surface area contributed by atoms with E-state index in [0.29, 0.717) is 24.8 Å². The minimum Gasteiger partial charge on any atom is -0.375 e. The number of hydrazine groups is 1. The standard InChI is InChI=1S/C13H21N3O2/c1-10(2)5-4-8-18-9-11-6-3-7-12(15-11)13(17)16-14/h3,6-7,10H,4-5,8-9,14H2,1-2H3,(H,16,17). The Hall–Kier alpha value is -1.46. The van der Waals surface area contributed by atoms with Gasteiger partial charge >= 0.3 is 0 Å². The lowest BCUT2D eigenvalue weighted by Gasteiger charge is -2.06. The van der Waals surface area contributed by atoms with Crippen LogP contribution in [0.3, 0.4) is 0 Å². The van der Waals surface area contributed by atoms with Crippen molar-refractivity contribution < 1.29 is 9.53 Å². The van der Waals surface area contributed by atoms with Gasteiger partial charge in [-0.15, -0.1) is 0 Å². The molecule has 0 fully saturated rings. The number of nitrogens with zero attached hydrogens (tertiary/aromatic N) is 1. The first-order valence-electron chi connectivity index (χ1n) is 6.18. The van der Waals surface area contributed by atoms with Crippen molar-refractivity contribution in [3.05, 3.63) is 29.6 Å². The van der Waals surface area contributed by atoms with E-state index in [1.807, 2.05) is 6.07 Å². The number of aromatic nitrogens is 1. The van der Waals surface area contributed by atoms with Crippen LogP contribution in [0, 0.1) is 5.92 Å². The number of nitrogens with two attached hydrogens (primary N) is 1. The van der Waals surface area contributed by atoms with Gasteiger partial charge in [0.2, 0.25) is 0 Å². The van der Waals surface area contributed by atoms with Gasteiger partial charge in [-0.2, -0.15) is 0 Å². The first-order valence-corrected chi connectivity index (χ1v) is 6.18. The average Bonchev–Trinajstić information content (AvgIpc) is 2.37. The van der Waals surface area contributed by atoms with E-state index in [0.717, 1.165) is 18.5 Å². The summed E-state index contributed by atoms with van der Waals surface area (Å²) in [6.07, 6.45) is 2.20. The van der Waals surface area contributed by atoms with Crippen LogP contribution in [0.15, 0.2) is 18.2 Å². The largest absolute Gasteiger partial charge is 0.375 e. The number of nitrogen functional groups attached to an aromatic ring is 1. The molecule has 1 heterocycles. The average molecular weight is 251 g/mol. The van der Waals surface area contributed by atoms with E-state index in [1.165, 1.54) is 0 Å². The number of nitrogens with one attached hydrogen (secondary N) is 1. The highest BCUT2D eigenvalue weighted by molar-refractivity contribution is 5.91. The van der Waals surface area contributed by atoms with Gasteiger partial charge in [-0.05, 0) is 30.9 Å². The molecule has 0 aliphatic carbocycles. The van der Waals surface area contributed by atoms with Crippen molar-refractivity contribution in [2.45, 2.75) is 33.3 Å². The van der Waals surface area contributed by atoms with Crippen molar-refractivity contribution in [1.29, 1.82) is 0 Å². The van der Waals surface area contributed by atoms with Crippen molar-refractivity contribution in [3.8, 4) is 0 Å². The Labute approximate surface area is 108 Å². The fourth-order valence-electron chi connectivity index (χ4n) is 1.53. The molecule has 0 radical (unpaired) electrons. The molecule has 1 rings (SSSR count). The van der Waals surface area contributed by atoms with Crippen LogP contribution in [0.2, 0.25) is 0 Å². The van der Waals surface area contributed by atoms with Gasteiger partial charge in [0.1, 0.15) is 5.69 Å². The molecule has 0 saturated heterocycles. The lowest BCUT2D eigenvalue weighted by molar-refractivity contribution is 0.0945. The van der Waals surface area contributed by atoms with E-state index in [2.05, 4.69) is 24.3 Å². The molecule has 5 nitrogen and oxygen atoms in total. The fourth-order valence-corrected chi connectivity index (χ4v) is 1.53. The van der Waals surface area contributed by atoms with Gasteiger partial charge in [0.05, 0.1) is 12.3 Å². The van der Waals surface area contributed by atoms with Crippen LogP contribution in [-0.2, 0) is 11.3 Å². The Morgan fingerprint density at radius 2 is 2.28 bits per heavy atom. The van der Waals surface area contributed by atoms with Crippen LogP contribution < -0.4 is 11.3 Å². The molecule has 100 valence electrons. The summed E-state index contributed by atoms with van der Waals surface area (Å²) in [5, 5.41) is 0. The van der Waals surface area contributed by atoms with Gasteiger partial charge in [0, 0.05) is 6.61 Å². The van der Waals surface area contributed by atoms with Crippen molar-refractivity contribution in [2.75, 3.05) is 6.61 Å². The van der Waals surface area contributed by atoms with Crippen LogP contribution in [0.25, 0.3) is 0 Å². The molecular weight excluding hydrogens is 230 g/mol. The molecule has 0 bridgehead atoms. The first kappa shape index (κ1) is 14.6. The summed E-state index contributed by atoms with van der Waals surface area (Å²) in [7, 11) is 0. The van der Waals surface area contributed by atoms with E-state index in [-0.39, 0.29) is 0 Å². The van der Waals surface area contributed by atoms with Crippen LogP contribution in [0.4, 0.5) is 0 Å². The van der Waals surface area contributed by atoms with Crippen LogP contribution in [-0.4, -0.2) is 17.5 Å². The molecule has 1 amide bonds. The number of ether oxygens (including phenoxy) is 1. The molecule has 1 aromatic heterocycles. The highest BCUT2D eigenvalue weighted by Crippen LogP contribution is 2.05. The monoisotopic (exact) mass is 251 g/mol. The van der Waals surface area contributed by atoms with Gasteiger partial charge in [-0.3, -0.25) is 10.2 Å². The second-order valence-electron chi connectivity index (χ2n) is 4.58. The summed E-state index contributed by atoms with van der Waals surface area (Å²) in [5.41, 5.74) is 3.10. The van der Waals surface area contributed by atoms with E-state index in [9.17, 15) is 4.79 Å². The third-order valence-electron chi connectivity index (χ3n) is 2.49. The lowest BCUT2D eigenvalue weighted by Crippen LogP contribution is -2.30. The number of hydrogen-bond donors (Lipinski definition) is 2. The van der Waals surface area contributed by atoms with Crippen LogP contribution in [0.1, 0.15) is 42.9 Å². The van der Waals surface area contributed by atoms with Gasteiger partial charge in [-0.1, -0.05) is 19.9 Å². The Balaban J connectivity index is 2.36. The Morgan fingerprint density at radius 3 is 2.94 bits per heavy atom. The molecule has 0 saturated carbocycles. The molecule has 5 heteroatoms. The van der Waals surface area contributed by atoms with Gasteiger partial charge < -0.3 is 4.74 Å². The number of amides is 1. The van der Waals surface area contributed by atoms with Crippen molar-refractivity contribution >= 4 is 5.91 Å². The first-order chi connectivity index (χ1) is 8.63. The Bertz CT molecular complexity index is 380.